The van der Waals surface area contributed by atoms with Crippen LogP contribution in [0.25, 0.3) is 0 Å². The molecule has 66 valence electrons. The van der Waals surface area contributed by atoms with E-state index in [1.807, 2.05) is 0 Å². The number of hydrogen-bond acceptors (Lipinski definition) is 3. The molecule has 1 aromatic rings. The monoisotopic (exact) mass is 194 g/mol. The zero-order valence-corrected chi connectivity index (χ0v) is 7.57. The first-order valence-corrected chi connectivity index (χ1v) is 4.86. The van der Waals surface area contributed by atoms with Crippen LogP contribution in [0.1, 0.15) is 0 Å². The molecule has 0 radical (unpaired) electrons. The summed E-state index contributed by atoms with van der Waals surface area (Å²) in [6, 6.07) is 6.52. The van der Waals surface area contributed by atoms with Gasteiger partial charge in [-0.3, -0.25) is 0 Å². The molecule has 0 fully saturated rings. The van der Waals surface area contributed by atoms with E-state index >= 15 is 0 Å². The van der Waals surface area contributed by atoms with E-state index in [0.717, 1.165) is 10.6 Å². The maximum Gasteiger partial charge on any atom is 0.124 e. The molecule has 1 unspecified atom stereocenters. The fourth-order valence-corrected chi connectivity index (χ4v) is 2.19. The largest absolute Gasteiger partial charge is 0.368 e. The Morgan fingerprint density at radius 3 is 3.23 bits per heavy atom. The molecule has 1 aliphatic heterocycles. The summed E-state index contributed by atoms with van der Waals surface area (Å²) in [5.41, 5.74) is 0.851. The standard InChI is InChI=1S/C9H7FN2S/c10-6-1-2-8-9(3-6)13-5-7(4-11)12-8/h1-3,7,12H,5H2. The first-order valence-electron chi connectivity index (χ1n) is 3.88. The van der Waals surface area contributed by atoms with Crippen LogP contribution in [-0.4, -0.2) is 11.8 Å². The van der Waals surface area contributed by atoms with E-state index in [1.165, 1.54) is 23.9 Å². The van der Waals surface area contributed by atoms with E-state index in [2.05, 4.69) is 11.4 Å². The third kappa shape index (κ3) is 1.61. The molecule has 0 amide bonds. The van der Waals surface area contributed by atoms with E-state index in [4.69, 9.17) is 5.26 Å². The summed E-state index contributed by atoms with van der Waals surface area (Å²) in [4.78, 5) is 0.881. The van der Waals surface area contributed by atoms with Crippen molar-refractivity contribution in [2.45, 2.75) is 10.9 Å². The molecule has 0 aliphatic carbocycles. The number of nitrogens with zero attached hydrogens (tertiary/aromatic N) is 1. The maximum atomic E-state index is 12.8. The van der Waals surface area contributed by atoms with Gasteiger partial charge in [0.25, 0.3) is 0 Å². The molecule has 0 saturated carbocycles. The fraction of sp³-hybridized carbons (Fsp3) is 0.222. The highest BCUT2D eigenvalue weighted by Crippen LogP contribution is 2.33. The smallest absolute Gasteiger partial charge is 0.124 e. The summed E-state index contributed by atoms with van der Waals surface area (Å²) in [5, 5.41) is 11.7. The maximum absolute atomic E-state index is 12.8. The van der Waals surface area contributed by atoms with Gasteiger partial charge in [-0.1, -0.05) is 0 Å². The van der Waals surface area contributed by atoms with Crippen LogP contribution in [-0.2, 0) is 0 Å². The molecular weight excluding hydrogens is 187 g/mol. The van der Waals surface area contributed by atoms with Crippen molar-refractivity contribution in [2.75, 3.05) is 11.1 Å². The molecule has 0 saturated heterocycles. The van der Waals surface area contributed by atoms with Gasteiger partial charge in [0.2, 0.25) is 0 Å². The first kappa shape index (κ1) is 8.39. The van der Waals surface area contributed by atoms with Gasteiger partial charge in [-0.25, -0.2) is 4.39 Å². The minimum Gasteiger partial charge on any atom is -0.368 e. The van der Waals surface area contributed by atoms with Gasteiger partial charge in [-0.2, -0.15) is 5.26 Å². The van der Waals surface area contributed by atoms with Gasteiger partial charge in [-0.15, -0.1) is 11.8 Å². The molecule has 1 atom stereocenters. The van der Waals surface area contributed by atoms with Gasteiger partial charge in [0.15, 0.2) is 0 Å². The van der Waals surface area contributed by atoms with Gasteiger partial charge < -0.3 is 5.32 Å². The molecule has 0 aromatic heterocycles. The zero-order valence-electron chi connectivity index (χ0n) is 6.75. The van der Waals surface area contributed by atoms with Crippen LogP contribution in [0.15, 0.2) is 23.1 Å². The predicted octanol–water partition coefficient (Wildman–Crippen LogP) is 2.24. The molecule has 4 heteroatoms. The van der Waals surface area contributed by atoms with Gasteiger partial charge in [0.1, 0.15) is 11.9 Å². The Labute approximate surface area is 79.8 Å². The van der Waals surface area contributed by atoms with Crippen molar-refractivity contribution in [3.05, 3.63) is 24.0 Å². The van der Waals surface area contributed by atoms with Gasteiger partial charge >= 0.3 is 0 Å². The third-order valence-corrected chi connectivity index (χ3v) is 2.98. The molecule has 2 rings (SSSR count). The number of benzene rings is 1. The van der Waals surface area contributed by atoms with Crippen LogP contribution in [0.5, 0.6) is 0 Å². The Hall–Kier alpha value is -1.21. The summed E-state index contributed by atoms with van der Waals surface area (Å²) in [6.45, 7) is 0. The van der Waals surface area contributed by atoms with Gasteiger partial charge in [0, 0.05) is 16.3 Å². The fourth-order valence-electron chi connectivity index (χ4n) is 1.21. The van der Waals surface area contributed by atoms with E-state index in [9.17, 15) is 4.39 Å². The Bertz CT molecular complexity index is 372. The highest BCUT2D eigenvalue weighted by Gasteiger charge is 2.17. The number of halogens is 1. The summed E-state index contributed by atoms with van der Waals surface area (Å²) in [6.07, 6.45) is 0. The Morgan fingerprint density at radius 1 is 1.62 bits per heavy atom. The zero-order chi connectivity index (χ0) is 9.26. The average molecular weight is 194 g/mol. The average Bonchev–Trinajstić information content (AvgIpc) is 2.17. The quantitative estimate of drug-likeness (QED) is 0.688. The summed E-state index contributed by atoms with van der Waals surface area (Å²) in [5.74, 6) is 0.441. The van der Waals surface area contributed by atoms with Crippen molar-refractivity contribution in [1.29, 1.82) is 5.26 Å². The number of rotatable bonds is 0. The van der Waals surface area contributed by atoms with Crippen molar-refractivity contribution >= 4 is 17.4 Å². The molecule has 0 bridgehead atoms. The molecule has 0 spiro atoms. The van der Waals surface area contributed by atoms with Crippen LogP contribution >= 0.6 is 11.8 Å². The minimum atomic E-state index is -0.233. The lowest BCUT2D eigenvalue weighted by atomic mass is 10.2. The summed E-state index contributed by atoms with van der Waals surface area (Å²) >= 11 is 1.51. The molecule has 13 heavy (non-hydrogen) atoms. The number of nitriles is 1. The lowest BCUT2D eigenvalue weighted by Crippen LogP contribution is -2.23. The predicted molar refractivity (Wildman–Crippen MR) is 50.1 cm³/mol. The third-order valence-electron chi connectivity index (χ3n) is 1.83. The van der Waals surface area contributed by atoms with Crippen molar-refractivity contribution in [3.63, 3.8) is 0 Å². The summed E-state index contributed by atoms with van der Waals surface area (Å²) < 4.78 is 12.8. The van der Waals surface area contributed by atoms with E-state index in [-0.39, 0.29) is 11.9 Å². The molecule has 1 N–H and O–H groups in total. The molecule has 2 nitrogen and oxygen atoms in total. The number of nitrogens with one attached hydrogen (secondary N) is 1. The number of fused-ring (bicyclic) bond motifs is 1. The normalized spacial score (nSPS) is 19.8. The lowest BCUT2D eigenvalue weighted by molar-refractivity contribution is 0.624. The van der Waals surface area contributed by atoms with Crippen LogP contribution in [0.4, 0.5) is 10.1 Å². The second-order valence-corrected chi connectivity index (χ2v) is 3.84. The van der Waals surface area contributed by atoms with Crippen molar-refractivity contribution in [3.8, 4) is 6.07 Å². The van der Waals surface area contributed by atoms with Crippen LogP contribution in [0, 0.1) is 17.1 Å². The highest BCUT2D eigenvalue weighted by molar-refractivity contribution is 7.99. The topological polar surface area (TPSA) is 35.8 Å². The Kier molecular flexibility index (Phi) is 2.11. The molecular formula is C9H7FN2S. The number of thioether (sulfide) groups is 1. The molecule has 1 aromatic carbocycles. The molecule has 1 heterocycles. The Balaban J connectivity index is 2.32. The van der Waals surface area contributed by atoms with E-state index < -0.39 is 0 Å². The van der Waals surface area contributed by atoms with Crippen molar-refractivity contribution < 1.29 is 4.39 Å². The van der Waals surface area contributed by atoms with E-state index in [1.54, 1.807) is 6.07 Å². The second-order valence-electron chi connectivity index (χ2n) is 2.78. The van der Waals surface area contributed by atoms with Crippen LogP contribution in [0.2, 0.25) is 0 Å². The number of anilines is 1. The SMILES string of the molecule is N#CC1CSc2cc(F)ccc2N1. The number of hydrogen-bond donors (Lipinski definition) is 1. The first-order chi connectivity index (χ1) is 6.29. The minimum absolute atomic E-state index is 0.164. The highest BCUT2D eigenvalue weighted by atomic mass is 32.2. The lowest BCUT2D eigenvalue weighted by Gasteiger charge is -2.21. The Morgan fingerprint density at radius 2 is 2.46 bits per heavy atom. The van der Waals surface area contributed by atoms with Crippen LogP contribution in [0.3, 0.4) is 0 Å². The van der Waals surface area contributed by atoms with E-state index in [0.29, 0.717) is 5.75 Å². The summed E-state index contributed by atoms with van der Waals surface area (Å²) in [7, 11) is 0. The van der Waals surface area contributed by atoms with Crippen molar-refractivity contribution in [1.82, 2.24) is 0 Å². The van der Waals surface area contributed by atoms with Crippen LogP contribution < -0.4 is 5.32 Å². The van der Waals surface area contributed by atoms with Gasteiger partial charge in [0.05, 0.1) is 6.07 Å². The second kappa shape index (κ2) is 3.27. The van der Waals surface area contributed by atoms with Gasteiger partial charge in [-0.05, 0) is 18.2 Å². The molecule has 1 aliphatic rings. The van der Waals surface area contributed by atoms with Crippen molar-refractivity contribution in [2.24, 2.45) is 0 Å².